The number of amides is 1. The summed E-state index contributed by atoms with van der Waals surface area (Å²) < 4.78 is 5.28. The molecule has 2 rings (SSSR count). The van der Waals surface area contributed by atoms with E-state index >= 15 is 0 Å². The topological polar surface area (TPSA) is 50.7 Å². The zero-order valence-corrected chi connectivity index (χ0v) is 11.4. The number of para-hydroxylation sites is 1. The molecule has 0 saturated heterocycles. The molecule has 1 N–H and O–H groups in total. The first-order chi connectivity index (χ1) is 9.74. The highest BCUT2D eigenvalue weighted by atomic mass is 35.5. The van der Waals surface area contributed by atoms with Gasteiger partial charge >= 0.3 is 0 Å². The van der Waals surface area contributed by atoms with Gasteiger partial charge in [0.25, 0.3) is 5.91 Å². The lowest BCUT2D eigenvalue weighted by Gasteiger charge is -2.04. The lowest BCUT2D eigenvalue weighted by molar-refractivity contribution is -0.123. The van der Waals surface area contributed by atoms with E-state index in [0.29, 0.717) is 10.8 Å². The minimum absolute atomic E-state index is 0.0814. The summed E-state index contributed by atoms with van der Waals surface area (Å²) in [6.07, 6.45) is 1.54. The number of halogens is 1. The number of benzene rings is 2. The highest BCUT2D eigenvalue weighted by Crippen LogP contribution is 2.08. The quantitative estimate of drug-likeness (QED) is 0.679. The Morgan fingerprint density at radius 2 is 1.85 bits per heavy atom. The van der Waals surface area contributed by atoms with E-state index in [2.05, 4.69) is 10.5 Å². The average Bonchev–Trinajstić information content (AvgIpc) is 2.48. The van der Waals surface area contributed by atoms with Crippen molar-refractivity contribution in [3.05, 3.63) is 65.2 Å². The number of carbonyl (C=O) groups excluding carboxylic acids is 1. The largest absolute Gasteiger partial charge is 0.484 e. The van der Waals surface area contributed by atoms with Crippen LogP contribution in [0.5, 0.6) is 5.75 Å². The van der Waals surface area contributed by atoms with Gasteiger partial charge in [-0.05, 0) is 29.8 Å². The molecule has 0 aliphatic heterocycles. The predicted molar refractivity (Wildman–Crippen MR) is 79.1 cm³/mol. The van der Waals surface area contributed by atoms with E-state index in [9.17, 15) is 4.79 Å². The zero-order chi connectivity index (χ0) is 14.2. The Balaban J connectivity index is 1.76. The normalized spacial score (nSPS) is 10.4. The van der Waals surface area contributed by atoms with Gasteiger partial charge in [0.1, 0.15) is 5.75 Å². The minimum Gasteiger partial charge on any atom is -0.484 e. The van der Waals surface area contributed by atoms with Gasteiger partial charge in [-0.25, -0.2) is 5.43 Å². The predicted octanol–water partition coefficient (Wildman–Crippen LogP) is 2.87. The van der Waals surface area contributed by atoms with E-state index < -0.39 is 0 Å². The maximum Gasteiger partial charge on any atom is 0.277 e. The fourth-order valence-electron chi connectivity index (χ4n) is 1.43. The van der Waals surface area contributed by atoms with Crippen LogP contribution in [-0.2, 0) is 4.79 Å². The van der Waals surface area contributed by atoms with Gasteiger partial charge in [-0.3, -0.25) is 4.79 Å². The molecule has 102 valence electrons. The van der Waals surface area contributed by atoms with Crippen LogP contribution >= 0.6 is 11.6 Å². The van der Waals surface area contributed by atoms with Gasteiger partial charge in [-0.1, -0.05) is 41.9 Å². The van der Waals surface area contributed by atoms with Crippen molar-refractivity contribution in [1.29, 1.82) is 0 Å². The number of hydrazone groups is 1. The van der Waals surface area contributed by atoms with Gasteiger partial charge in [0.15, 0.2) is 6.61 Å². The Morgan fingerprint density at radius 1 is 1.15 bits per heavy atom. The Kier molecular flexibility index (Phi) is 5.15. The molecule has 0 radical (unpaired) electrons. The van der Waals surface area contributed by atoms with Crippen LogP contribution in [0.1, 0.15) is 5.56 Å². The van der Waals surface area contributed by atoms with E-state index in [1.54, 1.807) is 36.4 Å². The van der Waals surface area contributed by atoms with E-state index in [1.165, 1.54) is 6.21 Å². The number of nitrogens with one attached hydrogen (secondary N) is 1. The van der Waals surface area contributed by atoms with E-state index in [4.69, 9.17) is 16.3 Å². The fourth-order valence-corrected chi connectivity index (χ4v) is 1.55. The molecule has 0 bridgehead atoms. The summed E-state index contributed by atoms with van der Waals surface area (Å²) in [5.41, 5.74) is 3.23. The number of rotatable bonds is 5. The molecule has 0 fully saturated rings. The average molecular weight is 289 g/mol. The van der Waals surface area contributed by atoms with Crippen LogP contribution in [0.15, 0.2) is 59.7 Å². The Bertz CT molecular complexity index is 583. The van der Waals surface area contributed by atoms with Gasteiger partial charge < -0.3 is 4.74 Å². The van der Waals surface area contributed by atoms with Crippen molar-refractivity contribution in [1.82, 2.24) is 5.43 Å². The molecular weight excluding hydrogens is 276 g/mol. The molecule has 20 heavy (non-hydrogen) atoms. The Morgan fingerprint density at radius 3 is 2.55 bits per heavy atom. The second-order valence-electron chi connectivity index (χ2n) is 3.95. The van der Waals surface area contributed by atoms with E-state index in [1.807, 2.05) is 18.2 Å². The SMILES string of the molecule is O=C(COc1ccccc1)N/N=C\c1ccc(Cl)cc1. The maximum atomic E-state index is 11.5. The standard InChI is InChI=1S/C15H13ClN2O2/c16-13-8-6-12(7-9-13)10-17-18-15(19)11-20-14-4-2-1-3-5-14/h1-10H,11H2,(H,18,19)/b17-10-. The first kappa shape index (κ1) is 14.1. The summed E-state index contributed by atoms with van der Waals surface area (Å²) in [7, 11) is 0. The molecular formula is C15H13ClN2O2. The molecule has 0 saturated carbocycles. The smallest absolute Gasteiger partial charge is 0.277 e. The van der Waals surface area contributed by atoms with Crippen LogP contribution in [0.25, 0.3) is 0 Å². The molecule has 0 aromatic heterocycles. The third-order valence-electron chi connectivity index (χ3n) is 2.39. The fraction of sp³-hybridized carbons (Fsp3) is 0.0667. The van der Waals surface area contributed by atoms with Crippen LogP contribution < -0.4 is 10.2 Å². The van der Waals surface area contributed by atoms with E-state index in [0.717, 1.165) is 5.56 Å². The lowest BCUT2D eigenvalue weighted by atomic mass is 10.2. The summed E-state index contributed by atoms with van der Waals surface area (Å²) in [4.78, 5) is 11.5. The highest BCUT2D eigenvalue weighted by Gasteiger charge is 2.00. The third-order valence-corrected chi connectivity index (χ3v) is 2.64. The van der Waals surface area contributed by atoms with E-state index in [-0.39, 0.29) is 12.5 Å². The van der Waals surface area contributed by atoms with Gasteiger partial charge in [-0.2, -0.15) is 5.10 Å². The highest BCUT2D eigenvalue weighted by molar-refractivity contribution is 6.30. The molecule has 0 aliphatic rings. The molecule has 0 heterocycles. The van der Waals surface area contributed by atoms with Crippen LogP contribution in [0.3, 0.4) is 0 Å². The molecule has 5 heteroatoms. The monoisotopic (exact) mass is 288 g/mol. The minimum atomic E-state index is -0.320. The summed E-state index contributed by atoms with van der Waals surface area (Å²) in [5.74, 6) is 0.323. The molecule has 1 amide bonds. The Labute approximate surface area is 122 Å². The van der Waals surface area contributed by atoms with Crippen LogP contribution in [-0.4, -0.2) is 18.7 Å². The Hall–Kier alpha value is -2.33. The molecule has 0 atom stereocenters. The van der Waals surface area contributed by atoms with Gasteiger partial charge in [0.2, 0.25) is 0 Å². The number of hydrogen-bond donors (Lipinski definition) is 1. The number of hydrogen-bond acceptors (Lipinski definition) is 3. The summed E-state index contributed by atoms with van der Waals surface area (Å²) in [6.45, 7) is -0.0814. The van der Waals surface area contributed by atoms with Crippen LogP contribution in [0.2, 0.25) is 5.02 Å². The molecule has 4 nitrogen and oxygen atoms in total. The van der Waals surface area contributed by atoms with Gasteiger partial charge in [0.05, 0.1) is 6.21 Å². The van der Waals surface area contributed by atoms with Crippen molar-refractivity contribution in [3.63, 3.8) is 0 Å². The van der Waals surface area contributed by atoms with Crippen molar-refractivity contribution >= 4 is 23.7 Å². The van der Waals surface area contributed by atoms with Crippen molar-refractivity contribution in [2.45, 2.75) is 0 Å². The molecule has 0 aliphatic carbocycles. The summed E-state index contributed by atoms with van der Waals surface area (Å²) >= 11 is 5.76. The number of ether oxygens (including phenoxy) is 1. The van der Waals surface area contributed by atoms with Crippen LogP contribution in [0, 0.1) is 0 Å². The molecule has 2 aromatic rings. The molecule has 0 unspecified atom stereocenters. The number of nitrogens with zero attached hydrogens (tertiary/aromatic N) is 1. The van der Waals surface area contributed by atoms with Crippen molar-refractivity contribution in [3.8, 4) is 5.75 Å². The maximum absolute atomic E-state index is 11.5. The third kappa shape index (κ3) is 4.74. The first-order valence-electron chi connectivity index (χ1n) is 5.99. The number of carbonyl (C=O) groups is 1. The van der Waals surface area contributed by atoms with Crippen molar-refractivity contribution in [2.75, 3.05) is 6.61 Å². The second-order valence-corrected chi connectivity index (χ2v) is 4.38. The van der Waals surface area contributed by atoms with Crippen molar-refractivity contribution in [2.24, 2.45) is 5.10 Å². The van der Waals surface area contributed by atoms with Gasteiger partial charge in [-0.15, -0.1) is 0 Å². The second kappa shape index (κ2) is 7.31. The summed E-state index contributed by atoms with van der Waals surface area (Å²) in [6, 6.07) is 16.2. The lowest BCUT2D eigenvalue weighted by Crippen LogP contribution is -2.24. The zero-order valence-electron chi connectivity index (χ0n) is 10.6. The summed E-state index contributed by atoms with van der Waals surface area (Å²) in [5, 5.41) is 4.49. The first-order valence-corrected chi connectivity index (χ1v) is 6.37. The molecule has 0 spiro atoms. The van der Waals surface area contributed by atoms with Crippen LogP contribution in [0.4, 0.5) is 0 Å². The van der Waals surface area contributed by atoms with Crippen molar-refractivity contribution < 1.29 is 9.53 Å². The van der Waals surface area contributed by atoms with Gasteiger partial charge in [0, 0.05) is 5.02 Å². The molecule has 2 aromatic carbocycles.